The smallest absolute Gasteiger partial charge is 0.275 e. The Bertz CT molecular complexity index is 2720. The molecule has 3 aromatic carbocycles. The van der Waals surface area contributed by atoms with Crippen molar-refractivity contribution >= 4 is 37.8 Å². The van der Waals surface area contributed by atoms with Gasteiger partial charge in [0.25, 0.3) is 15.6 Å². The molecule has 14 heteroatoms. The second-order valence-corrected chi connectivity index (χ2v) is 18.8. The first-order valence-electron chi connectivity index (χ1n) is 21.6. The van der Waals surface area contributed by atoms with Crippen molar-refractivity contribution < 1.29 is 27.4 Å². The fourth-order valence-corrected chi connectivity index (χ4v) is 10.2. The van der Waals surface area contributed by atoms with Gasteiger partial charge >= 0.3 is 0 Å². The van der Waals surface area contributed by atoms with E-state index in [1.807, 2.05) is 43.3 Å². The van der Waals surface area contributed by atoms with E-state index in [4.69, 9.17) is 28.9 Å². The Hall–Kier alpha value is -4.96. The molecule has 0 amide bonds. The Labute approximate surface area is 355 Å². The number of anilines is 1. The number of fused-ring (bicyclic) bond motifs is 2. The van der Waals surface area contributed by atoms with Crippen LogP contribution in [0.1, 0.15) is 61.8 Å². The molecule has 3 aliphatic heterocycles. The van der Waals surface area contributed by atoms with Crippen LogP contribution in [0.5, 0.6) is 0 Å². The molecule has 4 fully saturated rings. The number of benzene rings is 3. The maximum absolute atomic E-state index is 14.1. The predicted molar refractivity (Wildman–Crippen MR) is 233 cm³/mol. The number of pyridine rings is 1. The number of piperidine rings is 1. The van der Waals surface area contributed by atoms with E-state index in [1.165, 1.54) is 10.8 Å². The first-order chi connectivity index (χ1) is 29.7. The number of hydrogen-bond acceptors (Lipinski definition) is 11. The minimum atomic E-state index is -4.09. The summed E-state index contributed by atoms with van der Waals surface area (Å²) in [7, 11) is -2.44. The van der Waals surface area contributed by atoms with Crippen molar-refractivity contribution in [2.45, 2.75) is 87.0 Å². The summed E-state index contributed by atoms with van der Waals surface area (Å²) in [5.74, 6) is 0.594. The molecule has 3 saturated heterocycles. The Morgan fingerprint density at radius 1 is 0.869 bits per heavy atom. The molecule has 61 heavy (non-hydrogen) atoms. The lowest BCUT2D eigenvalue weighted by atomic mass is 9.87. The summed E-state index contributed by atoms with van der Waals surface area (Å²) in [6.45, 7) is 6.02. The molecule has 4 aliphatic rings. The third kappa shape index (κ3) is 7.78. The van der Waals surface area contributed by atoms with E-state index in [1.54, 1.807) is 43.6 Å². The molecule has 13 nitrogen and oxygen atoms in total. The zero-order valence-corrected chi connectivity index (χ0v) is 35.5. The average Bonchev–Trinajstić information content (AvgIpc) is 3.98. The van der Waals surface area contributed by atoms with Gasteiger partial charge in [0.1, 0.15) is 5.52 Å². The first kappa shape index (κ1) is 40.1. The highest BCUT2D eigenvalue weighted by atomic mass is 32.2. The molecular formula is C47H52N6O7S. The van der Waals surface area contributed by atoms with Crippen LogP contribution in [0.3, 0.4) is 0 Å². The van der Waals surface area contributed by atoms with Crippen molar-refractivity contribution in [1.82, 2.24) is 23.8 Å². The number of nitrogens with one attached hydrogen (secondary N) is 1. The van der Waals surface area contributed by atoms with Gasteiger partial charge in [0.05, 0.1) is 41.0 Å². The van der Waals surface area contributed by atoms with Crippen LogP contribution in [0.15, 0.2) is 101 Å². The highest BCUT2D eigenvalue weighted by molar-refractivity contribution is 7.90. The van der Waals surface area contributed by atoms with Crippen molar-refractivity contribution in [3.63, 3.8) is 0 Å². The summed E-state index contributed by atoms with van der Waals surface area (Å²) >= 11 is 0. The summed E-state index contributed by atoms with van der Waals surface area (Å²) in [6.07, 6.45) is 9.91. The second kappa shape index (κ2) is 16.4. The van der Waals surface area contributed by atoms with Crippen LogP contribution in [-0.4, -0.2) is 90.9 Å². The molecule has 0 bridgehead atoms. The van der Waals surface area contributed by atoms with Gasteiger partial charge in [-0.05, 0) is 106 Å². The summed E-state index contributed by atoms with van der Waals surface area (Å²) in [5, 5.41) is 4.69. The van der Waals surface area contributed by atoms with E-state index in [-0.39, 0.29) is 41.6 Å². The molecule has 6 aromatic rings. The molecule has 6 heterocycles. The van der Waals surface area contributed by atoms with Gasteiger partial charge in [-0.25, -0.2) is 22.4 Å². The molecule has 318 valence electrons. The van der Waals surface area contributed by atoms with Crippen LogP contribution in [0.2, 0.25) is 0 Å². The lowest BCUT2D eigenvalue weighted by Gasteiger charge is -2.42. The van der Waals surface area contributed by atoms with E-state index >= 15 is 0 Å². The zero-order chi connectivity index (χ0) is 41.7. The van der Waals surface area contributed by atoms with Crippen molar-refractivity contribution in [3.8, 4) is 11.1 Å². The molecule has 0 spiro atoms. The van der Waals surface area contributed by atoms with Crippen LogP contribution >= 0.6 is 0 Å². The highest BCUT2D eigenvalue weighted by Gasteiger charge is 2.46. The van der Waals surface area contributed by atoms with Crippen LogP contribution < -0.4 is 15.8 Å². The van der Waals surface area contributed by atoms with E-state index < -0.39 is 21.2 Å². The van der Waals surface area contributed by atoms with Gasteiger partial charge in [-0.2, -0.15) is 0 Å². The number of ether oxygens (including phenoxy) is 4. The zero-order valence-electron chi connectivity index (χ0n) is 34.7. The maximum Gasteiger partial charge on any atom is 0.275 e. The first-order valence-corrected chi connectivity index (χ1v) is 23.0. The van der Waals surface area contributed by atoms with Gasteiger partial charge in [0, 0.05) is 55.5 Å². The quantitative estimate of drug-likeness (QED) is 0.138. The molecular weight excluding hydrogens is 793 g/mol. The van der Waals surface area contributed by atoms with Crippen molar-refractivity contribution in [2.75, 3.05) is 44.3 Å². The Morgan fingerprint density at radius 3 is 2.39 bits per heavy atom. The summed E-state index contributed by atoms with van der Waals surface area (Å²) in [5.41, 5.74) is 3.20. The minimum Gasteiger partial charge on any atom is -0.371 e. The van der Waals surface area contributed by atoms with Gasteiger partial charge in [-0.15, -0.1) is 0 Å². The van der Waals surface area contributed by atoms with Crippen LogP contribution in [0.25, 0.3) is 32.9 Å². The normalized spacial score (nSPS) is 20.2. The number of aryl methyl sites for hydroxylation is 2. The van der Waals surface area contributed by atoms with Crippen LogP contribution in [0.4, 0.5) is 5.95 Å². The molecule has 2 atom stereocenters. The monoisotopic (exact) mass is 844 g/mol. The second-order valence-electron chi connectivity index (χ2n) is 17.0. The van der Waals surface area contributed by atoms with Crippen LogP contribution in [-0.2, 0) is 41.6 Å². The minimum absolute atomic E-state index is 0.0121. The lowest BCUT2D eigenvalue weighted by molar-refractivity contribution is -0.197. The largest absolute Gasteiger partial charge is 0.371 e. The number of nitrogens with zero attached hydrogens (tertiary/aromatic N) is 5. The molecule has 0 radical (unpaired) electrons. The summed E-state index contributed by atoms with van der Waals surface area (Å²) in [6, 6.07) is 24.5. The molecule has 10 rings (SSSR count). The number of hydrogen-bond donors (Lipinski definition) is 1. The van der Waals surface area contributed by atoms with E-state index in [0.29, 0.717) is 42.3 Å². The van der Waals surface area contributed by atoms with Crippen molar-refractivity contribution in [3.05, 3.63) is 118 Å². The third-order valence-electron chi connectivity index (χ3n) is 12.5. The summed E-state index contributed by atoms with van der Waals surface area (Å²) < 4.78 is 57.2. The van der Waals surface area contributed by atoms with Gasteiger partial charge in [-0.3, -0.25) is 4.79 Å². The molecule has 1 N–H and O–H groups in total. The number of rotatable bonds is 13. The van der Waals surface area contributed by atoms with E-state index in [0.717, 1.165) is 89.6 Å². The maximum atomic E-state index is 14.1. The van der Waals surface area contributed by atoms with E-state index in [2.05, 4.69) is 22.3 Å². The Kier molecular flexibility index (Phi) is 10.8. The van der Waals surface area contributed by atoms with Gasteiger partial charge in [0.15, 0.2) is 11.9 Å². The molecule has 1 unspecified atom stereocenters. The molecule has 1 saturated carbocycles. The molecule has 1 aliphatic carbocycles. The topological polar surface area (TPSA) is 139 Å². The van der Waals surface area contributed by atoms with Crippen LogP contribution in [0, 0.1) is 6.92 Å². The van der Waals surface area contributed by atoms with Gasteiger partial charge in [-0.1, -0.05) is 54.1 Å². The predicted octanol–water partition coefficient (Wildman–Crippen LogP) is 6.42. The Morgan fingerprint density at radius 2 is 1.66 bits per heavy atom. The van der Waals surface area contributed by atoms with Crippen molar-refractivity contribution in [1.29, 1.82) is 0 Å². The highest BCUT2D eigenvalue weighted by Crippen LogP contribution is 2.44. The van der Waals surface area contributed by atoms with Gasteiger partial charge in [0.2, 0.25) is 5.95 Å². The lowest BCUT2D eigenvalue weighted by Crippen LogP contribution is -2.55. The summed E-state index contributed by atoms with van der Waals surface area (Å²) in [4.78, 5) is 26.8. The standard InChI is InChI=1S/C47H52N6O7S/c1-31-11-16-37(17-12-31)61(55,56)53-24-21-38-40(29-51(2)45(54)43(38)53)32-13-18-41-39(26-32)44(50-46(49-41)52-27-36(28-52)59-34-19-22-48-23-20-34)47(60-35-14-15-35,33-8-4-3-5-9-33)30-58-42-10-6-7-25-57-42/h3-5,8-9,11-13,16-18,21,24,26,29,34-36,42,48H,6-7,10,14-15,19-20,22-23,25,27-28,30H2,1-2H3/t42?,47-/m0/s1. The van der Waals surface area contributed by atoms with Gasteiger partial charge < -0.3 is 33.7 Å². The fourth-order valence-electron chi connectivity index (χ4n) is 8.89. The van der Waals surface area contributed by atoms with Crippen molar-refractivity contribution in [2.24, 2.45) is 7.05 Å². The average molecular weight is 845 g/mol. The molecule has 3 aromatic heterocycles. The number of aromatic nitrogens is 4. The third-order valence-corrected chi connectivity index (χ3v) is 14.2. The fraction of sp³-hybridized carbons (Fsp3) is 0.426. The van der Waals surface area contributed by atoms with E-state index in [9.17, 15) is 13.2 Å². The SMILES string of the molecule is Cc1ccc(S(=O)(=O)n2ccc3c(-c4ccc5nc(N6CC(OC7CCNCC7)C6)nc([C@@](COC6CCCCO6)(OC6CC6)c6ccccc6)c5c4)cn(C)c(=O)c32)cc1. The Balaban J connectivity index is 1.13.